The first kappa shape index (κ1) is 13.2. The molecule has 2 N–H and O–H groups in total. The van der Waals surface area contributed by atoms with Crippen molar-refractivity contribution in [2.45, 2.75) is 6.92 Å². The first-order valence-electron chi connectivity index (χ1n) is 5.56. The van der Waals surface area contributed by atoms with Gasteiger partial charge in [-0.25, -0.2) is 9.97 Å². The van der Waals surface area contributed by atoms with Gasteiger partial charge in [-0.1, -0.05) is 11.6 Å². The molecule has 2 aromatic heterocycles. The summed E-state index contributed by atoms with van der Waals surface area (Å²) in [6.45, 7) is 2.63. The number of hydrogen-bond acceptors (Lipinski definition) is 6. The van der Waals surface area contributed by atoms with E-state index in [0.717, 1.165) is 0 Å². The minimum atomic E-state index is -0.488. The Labute approximate surface area is 114 Å². The van der Waals surface area contributed by atoms with Crippen LogP contribution in [-0.4, -0.2) is 32.6 Å². The lowest BCUT2D eigenvalue weighted by Crippen LogP contribution is -2.17. The minimum Gasteiger partial charge on any atom is -0.370 e. The molecule has 0 aliphatic heterocycles. The van der Waals surface area contributed by atoms with Crippen molar-refractivity contribution in [3.05, 3.63) is 35.2 Å². The SMILES string of the molecule is CCNc1ccc(Cl)c(C(=O)Nc2nccnn2)n1. The van der Waals surface area contributed by atoms with Crippen LogP contribution in [0, 0.1) is 0 Å². The molecule has 0 aliphatic rings. The third kappa shape index (κ3) is 3.35. The van der Waals surface area contributed by atoms with Crippen LogP contribution >= 0.6 is 11.6 Å². The van der Waals surface area contributed by atoms with Gasteiger partial charge >= 0.3 is 0 Å². The van der Waals surface area contributed by atoms with E-state index in [1.54, 1.807) is 12.1 Å². The van der Waals surface area contributed by atoms with Crippen LogP contribution in [0.5, 0.6) is 0 Å². The second kappa shape index (κ2) is 6.05. The Morgan fingerprint density at radius 2 is 2.21 bits per heavy atom. The van der Waals surface area contributed by atoms with Crippen LogP contribution in [0.4, 0.5) is 11.8 Å². The van der Waals surface area contributed by atoms with E-state index in [2.05, 4.69) is 30.8 Å². The molecule has 8 heteroatoms. The summed E-state index contributed by atoms with van der Waals surface area (Å²) in [5.41, 5.74) is 0.104. The van der Waals surface area contributed by atoms with Crippen molar-refractivity contribution in [3.63, 3.8) is 0 Å². The van der Waals surface area contributed by atoms with Gasteiger partial charge < -0.3 is 5.32 Å². The van der Waals surface area contributed by atoms with Crippen molar-refractivity contribution in [1.82, 2.24) is 20.2 Å². The summed E-state index contributed by atoms with van der Waals surface area (Å²) in [6, 6.07) is 3.30. The summed E-state index contributed by atoms with van der Waals surface area (Å²) >= 11 is 5.95. The van der Waals surface area contributed by atoms with Gasteiger partial charge in [0.1, 0.15) is 11.5 Å². The second-order valence-electron chi connectivity index (χ2n) is 3.48. The normalized spacial score (nSPS) is 10.0. The molecule has 2 heterocycles. The average molecular weight is 279 g/mol. The highest BCUT2D eigenvalue weighted by Crippen LogP contribution is 2.17. The predicted molar refractivity (Wildman–Crippen MR) is 71.2 cm³/mol. The maximum atomic E-state index is 12.0. The van der Waals surface area contributed by atoms with Gasteiger partial charge in [-0.3, -0.25) is 10.1 Å². The lowest BCUT2D eigenvalue weighted by Gasteiger charge is -2.07. The Hall–Kier alpha value is -2.28. The molecule has 0 fully saturated rings. The maximum Gasteiger partial charge on any atom is 0.278 e. The highest BCUT2D eigenvalue weighted by atomic mass is 35.5. The molecule has 1 amide bonds. The molecule has 0 aromatic carbocycles. The molecular weight excluding hydrogens is 268 g/mol. The van der Waals surface area contributed by atoms with Gasteiger partial charge in [0.15, 0.2) is 0 Å². The monoisotopic (exact) mass is 278 g/mol. The molecule has 0 saturated carbocycles. The van der Waals surface area contributed by atoms with Gasteiger partial charge in [0, 0.05) is 6.54 Å². The molecule has 7 nitrogen and oxygen atoms in total. The van der Waals surface area contributed by atoms with Crippen LogP contribution < -0.4 is 10.6 Å². The molecule has 0 spiro atoms. The number of aromatic nitrogens is 4. The fraction of sp³-hybridized carbons (Fsp3) is 0.182. The zero-order chi connectivity index (χ0) is 13.7. The number of pyridine rings is 1. The van der Waals surface area contributed by atoms with Crippen LogP contribution in [0.2, 0.25) is 5.02 Å². The van der Waals surface area contributed by atoms with E-state index < -0.39 is 5.91 Å². The van der Waals surface area contributed by atoms with E-state index in [1.807, 2.05) is 6.92 Å². The van der Waals surface area contributed by atoms with Gasteiger partial charge in [-0.2, -0.15) is 5.10 Å². The third-order valence-corrected chi connectivity index (χ3v) is 2.43. The molecule has 2 rings (SSSR count). The van der Waals surface area contributed by atoms with Gasteiger partial charge in [0.25, 0.3) is 5.91 Å². The van der Waals surface area contributed by atoms with Gasteiger partial charge in [0.05, 0.1) is 17.4 Å². The lowest BCUT2D eigenvalue weighted by molar-refractivity contribution is 0.102. The standard InChI is InChI=1S/C11H11ClN6O/c1-2-13-8-4-3-7(12)9(16-8)10(19)17-11-14-5-6-15-18-11/h3-6H,2H2,1H3,(H,13,16)(H,14,17,18,19). The van der Waals surface area contributed by atoms with Crippen molar-refractivity contribution in [3.8, 4) is 0 Å². The van der Waals surface area contributed by atoms with E-state index in [0.29, 0.717) is 12.4 Å². The summed E-state index contributed by atoms with van der Waals surface area (Å²) in [5.74, 6) is 0.182. The maximum absolute atomic E-state index is 12.0. The van der Waals surface area contributed by atoms with E-state index in [9.17, 15) is 4.79 Å². The molecule has 0 bridgehead atoms. The number of carbonyl (C=O) groups excluding carboxylic acids is 1. The fourth-order valence-corrected chi connectivity index (χ4v) is 1.54. The largest absolute Gasteiger partial charge is 0.370 e. The van der Waals surface area contributed by atoms with E-state index >= 15 is 0 Å². The first-order chi connectivity index (χ1) is 9.20. The molecule has 0 unspecified atom stereocenters. The van der Waals surface area contributed by atoms with Crippen molar-refractivity contribution in [2.24, 2.45) is 0 Å². The van der Waals surface area contributed by atoms with Crippen molar-refractivity contribution >= 4 is 29.3 Å². The Morgan fingerprint density at radius 1 is 1.37 bits per heavy atom. The third-order valence-electron chi connectivity index (χ3n) is 2.13. The van der Waals surface area contributed by atoms with Gasteiger partial charge in [0.2, 0.25) is 5.95 Å². The summed E-state index contributed by atoms with van der Waals surface area (Å²) in [5, 5.41) is 13.0. The number of hydrogen-bond donors (Lipinski definition) is 2. The highest BCUT2D eigenvalue weighted by molar-refractivity contribution is 6.34. The Morgan fingerprint density at radius 3 is 2.89 bits per heavy atom. The molecule has 19 heavy (non-hydrogen) atoms. The average Bonchev–Trinajstić information content (AvgIpc) is 2.42. The number of carbonyl (C=O) groups is 1. The quantitative estimate of drug-likeness (QED) is 0.882. The summed E-state index contributed by atoms with van der Waals surface area (Å²) < 4.78 is 0. The van der Waals surface area contributed by atoms with Crippen molar-refractivity contribution in [1.29, 1.82) is 0 Å². The summed E-state index contributed by atoms with van der Waals surface area (Å²) in [6.07, 6.45) is 2.83. The number of rotatable bonds is 4. The number of halogens is 1. The van der Waals surface area contributed by atoms with Crippen molar-refractivity contribution in [2.75, 3.05) is 17.2 Å². The predicted octanol–water partition coefficient (Wildman–Crippen LogP) is 1.60. The van der Waals surface area contributed by atoms with Gasteiger partial charge in [-0.15, -0.1) is 5.10 Å². The van der Waals surface area contributed by atoms with Crippen LogP contribution in [0.15, 0.2) is 24.5 Å². The van der Waals surface area contributed by atoms with E-state index in [4.69, 9.17) is 11.6 Å². The number of nitrogens with zero attached hydrogens (tertiary/aromatic N) is 4. The summed E-state index contributed by atoms with van der Waals surface area (Å²) in [4.78, 5) is 20.0. The number of nitrogens with one attached hydrogen (secondary N) is 2. The minimum absolute atomic E-state index is 0.0965. The zero-order valence-electron chi connectivity index (χ0n) is 10.1. The highest BCUT2D eigenvalue weighted by Gasteiger charge is 2.14. The molecule has 0 radical (unpaired) electrons. The number of anilines is 2. The smallest absolute Gasteiger partial charge is 0.278 e. The lowest BCUT2D eigenvalue weighted by atomic mass is 10.3. The zero-order valence-corrected chi connectivity index (χ0v) is 10.8. The van der Waals surface area contributed by atoms with Gasteiger partial charge in [-0.05, 0) is 19.1 Å². The molecule has 0 saturated heterocycles. The fourth-order valence-electron chi connectivity index (χ4n) is 1.35. The second-order valence-corrected chi connectivity index (χ2v) is 3.88. The molecule has 2 aromatic rings. The van der Waals surface area contributed by atoms with Crippen molar-refractivity contribution < 1.29 is 4.79 Å². The van der Waals surface area contributed by atoms with Crippen LogP contribution in [0.3, 0.4) is 0 Å². The topological polar surface area (TPSA) is 92.7 Å². The molecule has 0 aliphatic carbocycles. The van der Waals surface area contributed by atoms with E-state index in [-0.39, 0.29) is 16.7 Å². The van der Waals surface area contributed by atoms with Crippen LogP contribution in [0.1, 0.15) is 17.4 Å². The van der Waals surface area contributed by atoms with Crippen LogP contribution in [0.25, 0.3) is 0 Å². The summed E-state index contributed by atoms with van der Waals surface area (Å²) in [7, 11) is 0. The Bertz CT molecular complexity index is 577. The van der Waals surface area contributed by atoms with E-state index in [1.165, 1.54) is 12.4 Å². The Balaban J connectivity index is 2.21. The Kier molecular flexibility index (Phi) is 4.19. The number of amides is 1. The first-order valence-corrected chi connectivity index (χ1v) is 5.94. The molecule has 98 valence electrons. The molecule has 0 atom stereocenters. The van der Waals surface area contributed by atoms with Crippen LogP contribution in [-0.2, 0) is 0 Å². The molecular formula is C11H11ClN6O.